The smallest absolute Gasteiger partial charge is 0.276 e. The van der Waals surface area contributed by atoms with Gasteiger partial charge in [-0.3, -0.25) is 9.59 Å². The third kappa shape index (κ3) is 2.19. The summed E-state index contributed by atoms with van der Waals surface area (Å²) in [5.74, 6) is -0.399. The molecule has 1 aromatic heterocycles. The number of aromatic nitrogens is 2. The Morgan fingerprint density at radius 1 is 1.69 bits per heavy atom. The molecule has 70 valence electrons. The van der Waals surface area contributed by atoms with Crippen LogP contribution in [0.5, 0.6) is 0 Å². The minimum absolute atomic E-state index is 0.0660. The van der Waals surface area contributed by atoms with Gasteiger partial charge in [-0.15, -0.1) is 0 Å². The van der Waals surface area contributed by atoms with Gasteiger partial charge in [-0.1, -0.05) is 0 Å². The second-order valence-corrected chi connectivity index (χ2v) is 2.31. The summed E-state index contributed by atoms with van der Waals surface area (Å²) in [4.78, 5) is 27.3. The molecule has 0 saturated carbocycles. The van der Waals surface area contributed by atoms with Gasteiger partial charge in [0.1, 0.15) is 5.69 Å². The number of nitrogens with two attached hydrogens (primary N) is 2. The molecule has 0 atom stereocenters. The van der Waals surface area contributed by atoms with Crippen LogP contribution in [-0.4, -0.2) is 22.4 Å². The van der Waals surface area contributed by atoms with Crippen LogP contribution in [0.25, 0.3) is 0 Å². The van der Waals surface area contributed by atoms with Gasteiger partial charge in [0, 0.05) is 0 Å². The number of nitrogen functional groups attached to an aromatic ring is 1. The zero-order chi connectivity index (χ0) is 9.84. The maximum atomic E-state index is 10.9. The molecule has 0 aliphatic carbocycles. The first kappa shape index (κ1) is 9.04. The molecule has 1 heterocycles. The van der Waals surface area contributed by atoms with Gasteiger partial charge in [-0.05, 0) is 0 Å². The lowest BCUT2D eigenvalue weighted by Crippen LogP contribution is -2.24. The van der Waals surface area contributed by atoms with Gasteiger partial charge in [0.25, 0.3) is 5.56 Å². The van der Waals surface area contributed by atoms with Crippen LogP contribution in [0.15, 0.2) is 11.1 Å². The molecule has 0 unspecified atom stereocenters. The Kier molecular flexibility index (Phi) is 2.48. The number of nitrogens with one attached hydrogen (secondary N) is 2. The average Bonchev–Trinajstić information content (AvgIpc) is 2.07. The first-order valence-electron chi connectivity index (χ1n) is 3.46. The molecule has 0 radical (unpaired) electrons. The summed E-state index contributed by atoms with van der Waals surface area (Å²) in [5.41, 5.74) is 9.70. The van der Waals surface area contributed by atoms with Gasteiger partial charge < -0.3 is 21.8 Å². The number of carbonyl (C=O) groups is 1. The molecule has 13 heavy (non-hydrogen) atoms. The standard InChI is InChI=1S/C6H9N5O2/c7-3(12)1-9-5-4(8)6(13)11-2-10-5/h2H,1,8H2,(H2,7,12)(H2,9,10,11,13). The summed E-state index contributed by atoms with van der Waals surface area (Å²) in [6.07, 6.45) is 1.18. The van der Waals surface area contributed by atoms with Crippen LogP contribution in [0, 0.1) is 0 Å². The van der Waals surface area contributed by atoms with Gasteiger partial charge in [0.15, 0.2) is 5.82 Å². The molecular weight excluding hydrogens is 174 g/mol. The van der Waals surface area contributed by atoms with Crippen molar-refractivity contribution in [3.8, 4) is 0 Å². The summed E-state index contributed by atoms with van der Waals surface area (Å²) in [6.45, 7) is -0.110. The van der Waals surface area contributed by atoms with Gasteiger partial charge >= 0.3 is 0 Å². The van der Waals surface area contributed by atoms with Crippen molar-refractivity contribution in [2.45, 2.75) is 0 Å². The molecule has 0 aliphatic heterocycles. The average molecular weight is 183 g/mol. The quantitative estimate of drug-likeness (QED) is 0.442. The Labute approximate surface area is 73.2 Å². The van der Waals surface area contributed by atoms with Crippen molar-refractivity contribution < 1.29 is 4.79 Å². The number of hydrogen-bond acceptors (Lipinski definition) is 5. The summed E-state index contributed by atoms with van der Waals surface area (Å²) in [5, 5.41) is 2.52. The number of anilines is 2. The van der Waals surface area contributed by atoms with Crippen LogP contribution < -0.4 is 22.3 Å². The van der Waals surface area contributed by atoms with E-state index in [0.717, 1.165) is 0 Å². The highest BCUT2D eigenvalue weighted by Gasteiger charge is 2.03. The molecule has 6 N–H and O–H groups in total. The minimum atomic E-state index is -0.554. The van der Waals surface area contributed by atoms with Crippen LogP contribution in [0.1, 0.15) is 0 Å². The van der Waals surface area contributed by atoms with Crippen LogP contribution in [0.4, 0.5) is 11.5 Å². The van der Waals surface area contributed by atoms with Crippen molar-refractivity contribution in [1.82, 2.24) is 9.97 Å². The van der Waals surface area contributed by atoms with E-state index in [-0.39, 0.29) is 18.1 Å². The first-order chi connectivity index (χ1) is 6.11. The monoisotopic (exact) mass is 183 g/mol. The fraction of sp³-hybridized carbons (Fsp3) is 0.167. The predicted octanol–water partition coefficient (Wildman–Crippen LogP) is -1.75. The molecule has 1 aromatic rings. The Balaban J connectivity index is 2.83. The lowest BCUT2D eigenvalue weighted by Gasteiger charge is -2.03. The molecule has 0 saturated heterocycles. The molecule has 0 spiro atoms. The van der Waals surface area contributed by atoms with E-state index in [9.17, 15) is 9.59 Å². The van der Waals surface area contributed by atoms with Crippen LogP contribution in [0.3, 0.4) is 0 Å². The lowest BCUT2D eigenvalue weighted by atomic mass is 10.4. The number of H-pyrrole nitrogens is 1. The third-order valence-corrected chi connectivity index (χ3v) is 1.32. The van der Waals surface area contributed by atoms with E-state index in [1.165, 1.54) is 6.33 Å². The van der Waals surface area contributed by atoms with Crippen molar-refractivity contribution in [2.75, 3.05) is 17.6 Å². The molecule has 1 rings (SSSR count). The number of carbonyl (C=O) groups excluding carboxylic acids is 1. The highest BCUT2D eigenvalue weighted by atomic mass is 16.1. The summed E-state index contributed by atoms with van der Waals surface area (Å²) in [6, 6.07) is 0. The second-order valence-electron chi connectivity index (χ2n) is 2.31. The summed E-state index contributed by atoms with van der Waals surface area (Å²) in [7, 11) is 0. The topological polar surface area (TPSA) is 127 Å². The molecule has 1 amide bonds. The second kappa shape index (κ2) is 3.57. The fourth-order valence-corrected chi connectivity index (χ4v) is 0.722. The van der Waals surface area contributed by atoms with Crippen molar-refractivity contribution in [3.05, 3.63) is 16.7 Å². The molecule has 7 heteroatoms. The van der Waals surface area contributed by atoms with E-state index in [1.807, 2.05) is 0 Å². The minimum Gasteiger partial charge on any atom is -0.391 e. The van der Waals surface area contributed by atoms with Gasteiger partial charge in [0.05, 0.1) is 12.9 Å². The highest BCUT2D eigenvalue weighted by Crippen LogP contribution is 2.05. The number of hydrogen-bond donors (Lipinski definition) is 4. The number of aromatic amines is 1. The number of rotatable bonds is 3. The molecule has 0 bridgehead atoms. The van der Waals surface area contributed by atoms with Crippen LogP contribution >= 0.6 is 0 Å². The molecular formula is C6H9N5O2. The number of amides is 1. The Hall–Kier alpha value is -2.05. The summed E-state index contributed by atoms with van der Waals surface area (Å²) >= 11 is 0. The van der Waals surface area contributed by atoms with E-state index in [0.29, 0.717) is 0 Å². The summed E-state index contributed by atoms with van der Waals surface area (Å²) < 4.78 is 0. The van der Waals surface area contributed by atoms with E-state index in [4.69, 9.17) is 11.5 Å². The normalized spacial score (nSPS) is 9.54. The van der Waals surface area contributed by atoms with Crippen molar-refractivity contribution in [1.29, 1.82) is 0 Å². The van der Waals surface area contributed by atoms with E-state index in [2.05, 4.69) is 15.3 Å². The zero-order valence-corrected chi connectivity index (χ0v) is 6.70. The maximum absolute atomic E-state index is 10.9. The van der Waals surface area contributed by atoms with Crippen molar-refractivity contribution in [2.24, 2.45) is 5.73 Å². The van der Waals surface area contributed by atoms with E-state index in [1.54, 1.807) is 0 Å². The number of primary amides is 1. The van der Waals surface area contributed by atoms with Gasteiger partial charge in [0.2, 0.25) is 5.91 Å². The maximum Gasteiger partial charge on any atom is 0.276 e. The highest BCUT2D eigenvalue weighted by molar-refractivity contribution is 5.79. The lowest BCUT2D eigenvalue weighted by molar-refractivity contribution is -0.116. The Morgan fingerprint density at radius 2 is 2.38 bits per heavy atom. The molecule has 0 aliphatic rings. The van der Waals surface area contributed by atoms with Crippen LogP contribution in [0.2, 0.25) is 0 Å². The molecule has 7 nitrogen and oxygen atoms in total. The Bertz CT molecular complexity index is 372. The van der Waals surface area contributed by atoms with Crippen molar-refractivity contribution in [3.63, 3.8) is 0 Å². The fourth-order valence-electron chi connectivity index (χ4n) is 0.722. The van der Waals surface area contributed by atoms with E-state index >= 15 is 0 Å². The van der Waals surface area contributed by atoms with Crippen molar-refractivity contribution >= 4 is 17.4 Å². The molecule has 0 fully saturated rings. The SMILES string of the molecule is NC(=O)CNc1nc[nH]c(=O)c1N. The van der Waals surface area contributed by atoms with Gasteiger partial charge in [-0.2, -0.15) is 0 Å². The predicted molar refractivity (Wildman–Crippen MR) is 47.0 cm³/mol. The van der Waals surface area contributed by atoms with Gasteiger partial charge in [-0.25, -0.2) is 4.98 Å². The largest absolute Gasteiger partial charge is 0.391 e. The Morgan fingerprint density at radius 3 is 3.00 bits per heavy atom. The van der Waals surface area contributed by atoms with Crippen LogP contribution in [-0.2, 0) is 4.79 Å². The number of nitrogens with zero attached hydrogens (tertiary/aromatic N) is 1. The molecule has 0 aromatic carbocycles. The third-order valence-electron chi connectivity index (χ3n) is 1.32. The zero-order valence-electron chi connectivity index (χ0n) is 6.70. The first-order valence-corrected chi connectivity index (χ1v) is 3.46. The van der Waals surface area contributed by atoms with E-state index < -0.39 is 11.5 Å².